The van der Waals surface area contributed by atoms with E-state index in [2.05, 4.69) is 10.3 Å². The molecule has 4 bridgehead atoms. The molecule has 1 aromatic heterocycles. The Hall–Kier alpha value is -1.57. The Kier molecular flexibility index (Phi) is 4.45. The van der Waals surface area contributed by atoms with E-state index in [1.165, 1.54) is 0 Å². The van der Waals surface area contributed by atoms with Crippen LogP contribution in [0.2, 0.25) is 5.02 Å². The van der Waals surface area contributed by atoms with Crippen LogP contribution in [0.25, 0.3) is 10.2 Å². The molecule has 1 aliphatic heterocycles. The van der Waals surface area contributed by atoms with Crippen molar-refractivity contribution in [3.05, 3.63) is 23.2 Å². The van der Waals surface area contributed by atoms with Gasteiger partial charge in [0, 0.05) is 24.2 Å². The number of nitrogens with one attached hydrogen (secondary N) is 1. The van der Waals surface area contributed by atoms with Crippen molar-refractivity contribution in [3.63, 3.8) is 0 Å². The van der Waals surface area contributed by atoms with Crippen molar-refractivity contribution < 1.29 is 14.6 Å². The van der Waals surface area contributed by atoms with Gasteiger partial charge < -0.3 is 20.1 Å². The van der Waals surface area contributed by atoms with Gasteiger partial charge in [0.15, 0.2) is 5.13 Å². The maximum absolute atomic E-state index is 12.9. The first-order chi connectivity index (χ1) is 14.4. The number of carbonyl (C=O) groups excluding carboxylic acids is 1. The molecular formula is C22H26ClN3O3S. The lowest BCUT2D eigenvalue weighted by atomic mass is 9.53. The summed E-state index contributed by atoms with van der Waals surface area (Å²) < 4.78 is 7.09. The van der Waals surface area contributed by atoms with Crippen LogP contribution in [0.15, 0.2) is 18.2 Å². The predicted octanol–water partition coefficient (Wildman–Crippen LogP) is 4.51. The molecule has 6 atom stereocenters. The molecule has 1 saturated heterocycles. The van der Waals surface area contributed by atoms with Crippen LogP contribution >= 0.6 is 22.9 Å². The lowest BCUT2D eigenvalue weighted by Crippen LogP contribution is -2.58. The zero-order chi connectivity index (χ0) is 20.5. The average molecular weight is 448 g/mol. The van der Waals surface area contributed by atoms with Gasteiger partial charge in [0.1, 0.15) is 6.10 Å². The predicted molar refractivity (Wildman–Crippen MR) is 117 cm³/mol. The average Bonchev–Trinajstić information content (AvgIpc) is 3.29. The Morgan fingerprint density at radius 2 is 2.10 bits per heavy atom. The fourth-order valence-corrected chi connectivity index (χ4v) is 7.72. The molecule has 4 saturated carbocycles. The van der Waals surface area contributed by atoms with Crippen LogP contribution in [-0.4, -0.2) is 51.9 Å². The number of benzene rings is 1. The van der Waals surface area contributed by atoms with Crippen molar-refractivity contribution in [1.29, 1.82) is 0 Å². The highest BCUT2D eigenvalue weighted by molar-refractivity contribution is 7.22. The van der Waals surface area contributed by atoms with Crippen molar-refractivity contribution in [1.82, 2.24) is 9.88 Å². The van der Waals surface area contributed by atoms with Gasteiger partial charge in [0.25, 0.3) is 0 Å². The minimum atomic E-state index is -0.496. The quantitative estimate of drug-likeness (QED) is 0.723. The Labute approximate surface area is 184 Å². The van der Waals surface area contributed by atoms with E-state index in [9.17, 15) is 9.90 Å². The highest BCUT2D eigenvalue weighted by Crippen LogP contribution is 2.56. The molecule has 5 fully saturated rings. The summed E-state index contributed by atoms with van der Waals surface area (Å²) in [6.07, 6.45) is 5.40. The second-order valence-corrected chi connectivity index (χ2v) is 11.2. The summed E-state index contributed by atoms with van der Waals surface area (Å²) in [5, 5.41) is 15.8. The number of rotatable bonds is 3. The van der Waals surface area contributed by atoms with Gasteiger partial charge in [-0.15, -0.1) is 0 Å². The Morgan fingerprint density at radius 1 is 1.30 bits per heavy atom. The number of halogens is 1. The summed E-state index contributed by atoms with van der Waals surface area (Å²) in [6, 6.07) is 5.88. The molecule has 7 rings (SSSR count). The summed E-state index contributed by atoms with van der Waals surface area (Å²) in [5.74, 6) is 1.28. The topological polar surface area (TPSA) is 74.7 Å². The summed E-state index contributed by atoms with van der Waals surface area (Å²) in [5.41, 5.74) is 0.438. The molecule has 8 heteroatoms. The van der Waals surface area contributed by atoms with Gasteiger partial charge in [-0.05, 0) is 74.5 Å². The van der Waals surface area contributed by atoms with Crippen molar-refractivity contribution in [2.45, 2.75) is 56.3 Å². The van der Waals surface area contributed by atoms with Crippen molar-refractivity contribution >= 4 is 44.4 Å². The van der Waals surface area contributed by atoms with Gasteiger partial charge in [-0.3, -0.25) is 0 Å². The van der Waals surface area contributed by atoms with Crippen molar-refractivity contribution in [2.75, 3.05) is 18.4 Å². The van der Waals surface area contributed by atoms with E-state index in [0.29, 0.717) is 35.9 Å². The zero-order valence-corrected chi connectivity index (χ0v) is 18.3. The molecule has 6 nitrogen and oxygen atoms in total. The van der Waals surface area contributed by atoms with Crippen LogP contribution in [0, 0.1) is 17.8 Å². The standard InChI is InChI=1S/C22H26ClN3O3S/c23-15-1-2-17-18(7-15)30-20(25-17)24-16-3-4-26(11-16)21(27)29-19-13-5-12-6-14(19)10-22(28,8-12)9-13/h1-2,7,12-14,16,19,28H,3-6,8-11H2,(H,24,25)/t12?,13-,14?,16+,19?,22?/m0/s1. The largest absolute Gasteiger partial charge is 0.446 e. The molecule has 30 heavy (non-hydrogen) atoms. The van der Waals surface area contributed by atoms with Gasteiger partial charge in [0.2, 0.25) is 0 Å². The summed E-state index contributed by atoms with van der Waals surface area (Å²) in [6.45, 7) is 1.33. The van der Waals surface area contributed by atoms with Gasteiger partial charge >= 0.3 is 6.09 Å². The molecular weight excluding hydrogens is 422 g/mol. The monoisotopic (exact) mass is 447 g/mol. The molecule has 1 aromatic carbocycles. The summed E-state index contributed by atoms with van der Waals surface area (Å²) >= 11 is 7.66. The number of thiazole rings is 1. The van der Waals surface area contributed by atoms with E-state index in [4.69, 9.17) is 16.3 Å². The maximum Gasteiger partial charge on any atom is 0.410 e. The summed E-state index contributed by atoms with van der Waals surface area (Å²) in [7, 11) is 0. The molecule has 0 radical (unpaired) electrons. The zero-order valence-electron chi connectivity index (χ0n) is 16.7. The number of anilines is 1. The number of aromatic nitrogens is 1. The van der Waals surface area contributed by atoms with Gasteiger partial charge in [-0.1, -0.05) is 22.9 Å². The van der Waals surface area contributed by atoms with E-state index in [0.717, 1.165) is 53.9 Å². The van der Waals surface area contributed by atoms with E-state index in [-0.39, 0.29) is 18.2 Å². The third-order valence-electron chi connectivity index (χ3n) is 7.52. The molecule has 160 valence electrons. The number of nitrogens with zero attached hydrogens (tertiary/aromatic N) is 2. The number of carbonyl (C=O) groups is 1. The highest BCUT2D eigenvalue weighted by Gasteiger charge is 2.56. The number of hydrogen-bond acceptors (Lipinski definition) is 6. The van der Waals surface area contributed by atoms with E-state index < -0.39 is 5.60 Å². The number of fused-ring (bicyclic) bond motifs is 1. The first-order valence-corrected chi connectivity index (χ1v) is 12.1. The lowest BCUT2D eigenvalue weighted by Gasteiger charge is -2.57. The van der Waals surface area contributed by atoms with Gasteiger partial charge in [-0.25, -0.2) is 9.78 Å². The molecule has 2 aromatic rings. The third-order valence-corrected chi connectivity index (χ3v) is 8.70. The normalized spacial score (nSPS) is 37.1. The first kappa shape index (κ1) is 19.1. The van der Waals surface area contributed by atoms with Crippen LogP contribution in [0.3, 0.4) is 0 Å². The SMILES string of the molecule is O=C(OC1C2CC3C[C@H]1CC(O)(C3)C2)N1CC[C@@H](Nc2nc3ccc(Cl)cc3s2)C1. The molecule has 2 N–H and O–H groups in total. The van der Waals surface area contributed by atoms with Gasteiger partial charge in [-0.2, -0.15) is 0 Å². The summed E-state index contributed by atoms with van der Waals surface area (Å²) in [4.78, 5) is 19.3. The number of likely N-dealkylation sites (tertiary alicyclic amines) is 1. The second-order valence-electron chi connectivity index (χ2n) is 9.75. The van der Waals surface area contributed by atoms with Crippen molar-refractivity contribution in [3.8, 4) is 0 Å². The van der Waals surface area contributed by atoms with Crippen LogP contribution in [0.5, 0.6) is 0 Å². The maximum atomic E-state index is 12.9. The number of hydrogen-bond donors (Lipinski definition) is 2. The molecule has 4 aliphatic carbocycles. The minimum absolute atomic E-state index is 0.0182. The Morgan fingerprint density at radius 3 is 2.87 bits per heavy atom. The molecule has 1 amide bonds. The van der Waals surface area contributed by atoms with E-state index >= 15 is 0 Å². The van der Waals surface area contributed by atoms with E-state index in [1.807, 2.05) is 23.1 Å². The minimum Gasteiger partial charge on any atom is -0.446 e. The highest BCUT2D eigenvalue weighted by atomic mass is 35.5. The number of aliphatic hydroxyl groups is 1. The van der Waals surface area contributed by atoms with Gasteiger partial charge in [0.05, 0.1) is 15.8 Å². The lowest BCUT2D eigenvalue weighted by molar-refractivity contribution is -0.177. The molecule has 0 spiro atoms. The Bertz CT molecular complexity index is 981. The fraction of sp³-hybridized carbons (Fsp3) is 0.636. The second kappa shape index (κ2) is 6.97. The van der Waals surface area contributed by atoms with E-state index in [1.54, 1.807) is 11.3 Å². The number of ether oxygens (including phenoxy) is 1. The van der Waals surface area contributed by atoms with Crippen LogP contribution < -0.4 is 5.32 Å². The van der Waals surface area contributed by atoms with Crippen LogP contribution in [0.1, 0.15) is 38.5 Å². The number of amides is 1. The smallest absolute Gasteiger partial charge is 0.410 e. The molecule has 4 unspecified atom stereocenters. The fourth-order valence-electron chi connectivity index (χ4n) is 6.50. The van der Waals surface area contributed by atoms with Crippen LogP contribution in [0.4, 0.5) is 9.93 Å². The Balaban J connectivity index is 1.07. The third kappa shape index (κ3) is 3.35. The van der Waals surface area contributed by atoms with Crippen LogP contribution in [-0.2, 0) is 4.74 Å². The molecule has 5 aliphatic rings. The molecule has 2 heterocycles. The van der Waals surface area contributed by atoms with Crippen molar-refractivity contribution in [2.24, 2.45) is 17.8 Å². The first-order valence-electron chi connectivity index (χ1n) is 10.9.